The van der Waals surface area contributed by atoms with Crippen LogP contribution >= 0.6 is 27.3 Å². The molecule has 1 atom stereocenters. The number of likely N-dealkylation sites (N-methyl/N-ethyl adjacent to an activating group) is 1. The fourth-order valence-corrected chi connectivity index (χ4v) is 3.52. The third kappa shape index (κ3) is 3.68. The Morgan fingerprint density at radius 2 is 2.32 bits per heavy atom. The monoisotopic (exact) mass is 341 g/mol. The molecule has 104 valence electrons. The molecule has 0 aliphatic rings. The number of thiophene rings is 1. The first-order valence-electron chi connectivity index (χ1n) is 6.71. The lowest BCUT2D eigenvalue weighted by Gasteiger charge is -2.19. The Bertz CT molecular complexity index is 493. The Hall–Kier alpha value is -0.650. The maximum absolute atomic E-state index is 4.47. The van der Waals surface area contributed by atoms with Crippen LogP contribution in [0.1, 0.15) is 37.6 Å². The van der Waals surface area contributed by atoms with E-state index in [-0.39, 0.29) is 0 Å². The molecule has 0 saturated carbocycles. The van der Waals surface area contributed by atoms with E-state index in [1.54, 1.807) is 11.3 Å². The van der Waals surface area contributed by atoms with E-state index in [9.17, 15) is 0 Å². The highest BCUT2D eigenvalue weighted by Gasteiger charge is 2.19. The van der Waals surface area contributed by atoms with E-state index >= 15 is 0 Å². The number of halogens is 1. The Morgan fingerprint density at radius 3 is 2.95 bits per heavy atom. The standard InChI is InChI=1S/C14H20BrN3S/c1-3-6-18-14(12(15)9-17-18)13(16-4-2)8-11-5-7-19-10-11/h5,7,9-10,13,16H,3-4,6,8H2,1-2H3. The molecule has 1 unspecified atom stereocenters. The molecule has 5 heteroatoms. The molecule has 2 aromatic rings. The molecule has 0 aliphatic heterocycles. The lowest BCUT2D eigenvalue weighted by atomic mass is 10.1. The summed E-state index contributed by atoms with van der Waals surface area (Å²) in [5.41, 5.74) is 2.64. The zero-order chi connectivity index (χ0) is 13.7. The summed E-state index contributed by atoms with van der Waals surface area (Å²) in [4.78, 5) is 0. The Balaban J connectivity index is 2.24. The van der Waals surface area contributed by atoms with Crippen molar-refractivity contribution in [2.45, 2.75) is 39.3 Å². The summed E-state index contributed by atoms with van der Waals surface area (Å²) in [5.74, 6) is 0. The zero-order valence-corrected chi connectivity index (χ0v) is 13.8. The van der Waals surface area contributed by atoms with Gasteiger partial charge in [0.2, 0.25) is 0 Å². The van der Waals surface area contributed by atoms with Gasteiger partial charge in [0, 0.05) is 6.54 Å². The topological polar surface area (TPSA) is 29.9 Å². The first-order chi connectivity index (χ1) is 9.26. The molecule has 2 aromatic heterocycles. The van der Waals surface area contributed by atoms with Gasteiger partial charge >= 0.3 is 0 Å². The largest absolute Gasteiger partial charge is 0.309 e. The van der Waals surface area contributed by atoms with Gasteiger partial charge in [-0.25, -0.2) is 0 Å². The molecule has 0 saturated heterocycles. The number of aromatic nitrogens is 2. The van der Waals surface area contributed by atoms with E-state index in [0.717, 1.165) is 30.4 Å². The molecular formula is C14H20BrN3S. The number of rotatable bonds is 7. The molecule has 2 heterocycles. The highest BCUT2D eigenvalue weighted by molar-refractivity contribution is 9.10. The smallest absolute Gasteiger partial charge is 0.0699 e. The van der Waals surface area contributed by atoms with Crippen LogP contribution in [0.25, 0.3) is 0 Å². The van der Waals surface area contributed by atoms with E-state index < -0.39 is 0 Å². The van der Waals surface area contributed by atoms with Gasteiger partial charge in [0.25, 0.3) is 0 Å². The Morgan fingerprint density at radius 1 is 1.47 bits per heavy atom. The first kappa shape index (κ1) is 14.8. The summed E-state index contributed by atoms with van der Waals surface area (Å²) in [5, 5.41) is 12.4. The average Bonchev–Trinajstić information content (AvgIpc) is 3.00. The van der Waals surface area contributed by atoms with Crippen LogP contribution in [0.3, 0.4) is 0 Å². The van der Waals surface area contributed by atoms with Crippen LogP contribution in [-0.4, -0.2) is 16.3 Å². The first-order valence-corrected chi connectivity index (χ1v) is 8.45. The molecule has 0 amide bonds. The summed E-state index contributed by atoms with van der Waals surface area (Å²) < 4.78 is 3.21. The van der Waals surface area contributed by atoms with Gasteiger partial charge in [0.05, 0.1) is 22.4 Å². The Labute approximate surface area is 127 Å². The minimum absolute atomic E-state index is 0.308. The van der Waals surface area contributed by atoms with Crippen molar-refractivity contribution in [3.63, 3.8) is 0 Å². The van der Waals surface area contributed by atoms with Gasteiger partial charge < -0.3 is 5.32 Å². The highest BCUT2D eigenvalue weighted by atomic mass is 79.9. The van der Waals surface area contributed by atoms with E-state index in [2.05, 4.69) is 61.7 Å². The van der Waals surface area contributed by atoms with Crippen LogP contribution in [0.2, 0.25) is 0 Å². The van der Waals surface area contributed by atoms with E-state index in [1.165, 1.54) is 11.3 Å². The van der Waals surface area contributed by atoms with Gasteiger partial charge in [-0.05, 0) is 57.7 Å². The Kier molecular flexibility index (Phi) is 5.60. The number of nitrogens with zero attached hydrogens (tertiary/aromatic N) is 2. The van der Waals surface area contributed by atoms with E-state index in [4.69, 9.17) is 0 Å². The van der Waals surface area contributed by atoms with Crippen LogP contribution in [0.15, 0.2) is 27.5 Å². The fourth-order valence-electron chi connectivity index (χ4n) is 2.26. The van der Waals surface area contributed by atoms with Crippen molar-refractivity contribution in [3.05, 3.63) is 38.8 Å². The van der Waals surface area contributed by atoms with Gasteiger partial charge in [0.15, 0.2) is 0 Å². The van der Waals surface area contributed by atoms with Gasteiger partial charge in [-0.2, -0.15) is 16.4 Å². The minimum atomic E-state index is 0.308. The number of hydrogen-bond acceptors (Lipinski definition) is 3. The van der Waals surface area contributed by atoms with Crippen LogP contribution in [-0.2, 0) is 13.0 Å². The second-order valence-electron chi connectivity index (χ2n) is 4.55. The van der Waals surface area contributed by atoms with E-state index in [1.807, 2.05) is 6.20 Å². The molecule has 0 bridgehead atoms. The summed E-state index contributed by atoms with van der Waals surface area (Å²) >= 11 is 5.39. The SMILES string of the molecule is CCCn1ncc(Br)c1C(Cc1ccsc1)NCC. The zero-order valence-electron chi connectivity index (χ0n) is 11.4. The van der Waals surface area contributed by atoms with Crippen molar-refractivity contribution < 1.29 is 0 Å². The number of nitrogens with one attached hydrogen (secondary N) is 1. The molecule has 1 N–H and O–H groups in total. The summed E-state index contributed by atoms with van der Waals surface area (Å²) in [6.07, 6.45) is 4.01. The number of aryl methyl sites for hydroxylation is 1. The summed E-state index contributed by atoms with van der Waals surface area (Å²) in [7, 11) is 0. The van der Waals surface area contributed by atoms with Gasteiger partial charge in [0.1, 0.15) is 0 Å². The molecule has 0 spiro atoms. The predicted octanol–water partition coefficient (Wildman–Crippen LogP) is 4.01. The molecule has 0 aromatic carbocycles. The second-order valence-corrected chi connectivity index (χ2v) is 6.18. The second kappa shape index (κ2) is 7.22. The minimum Gasteiger partial charge on any atom is -0.309 e. The molecule has 0 fully saturated rings. The van der Waals surface area contributed by atoms with Crippen molar-refractivity contribution in [1.82, 2.24) is 15.1 Å². The highest BCUT2D eigenvalue weighted by Crippen LogP contribution is 2.27. The van der Waals surface area contributed by atoms with E-state index in [0.29, 0.717) is 6.04 Å². The molecule has 3 nitrogen and oxygen atoms in total. The molecule has 0 aliphatic carbocycles. The predicted molar refractivity (Wildman–Crippen MR) is 84.7 cm³/mol. The van der Waals surface area contributed by atoms with Crippen LogP contribution < -0.4 is 5.32 Å². The molecular weight excluding hydrogens is 322 g/mol. The number of hydrogen-bond donors (Lipinski definition) is 1. The third-order valence-electron chi connectivity index (χ3n) is 3.07. The summed E-state index contributed by atoms with van der Waals surface area (Å²) in [6, 6.07) is 2.51. The third-order valence-corrected chi connectivity index (χ3v) is 4.41. The maximum atomic E-state index is 4.47. The van der Waals surface area contributed by atoms with Gasteiger partial charge in [-0.3, -0.25) is 4.68 Å². The van der Waals surface area contributed by atoms with Crippen LogP contribution in [0, 0.1) is 0 Å². The van der Waals surface area contributed by atoms with Crippen LogP contribution in [0.5, 0.6) is 0 Å². The molecule has 0 radical (unpaired) electrons. The van der Waals surface area contributed by atoms with Gasteiger partial charge in [-0.1, -0.05) is 13.8 Å². The average molecular weight is 342 g/mol. The van der Waals surface area contributed by atoms with Crippen molar-refractivity contribution in [2.75, 3.05) is 6.54 Å². The lowest BCUT2D eigenvalue weighted by molar-refractivity contribution is 0.477. The van der Waals surface area contributed by atoms with Gasteiger partial charge in [-0.15, -0.1) is 0 Å². The van der Waals surface area contributed by atoms with Crippen molar-refractivity contribution in [1.29, 1.82) is 0 Å². The fraction of sp³-hybridized carbons (Fsp3) is 0.500. The quantitative estimate of drug-likeness (QED) is 0.824. The van der Waals surface area contributed by atoms with Crippen LogP contribution in [0.4, 0.5) is 0 Å². The molecule has 2 rings (SSSR count). The maximum Gasteiger partial charge on any atom is 0.0699 e. The van der Waals surface area contributed by atoms with Crippen molar-refractivity contribution >= 4 is 27.3 Å². The normalized spacial score (nSPS) is 12.8. The summed E-state index contributed by atoms with van der Waals surface area (Å²) in [6.45, 7) is 6.25. The van der Waals surface area contributed by atoms with Crippen molar-refractivity contribution in [2.24, 2.45) is 0 Å². The molecule has 19 heavy (non-hydrogen) atoms. The van der Waals surface area contributed by atoms with Crippen molar-refractivity contribution in [3.8, 4) is 0 Å². The lowest BCUT2D eigenvalue weighted by Crippen LogP contribution is -2.26.